The largest absolute Gasteiger partial charge is 0.494 e. The average molecular weight is 1080 g/mol. The normalized spacial score (nSPS) is 11.1. The molecule has 0 N–H and O–H groups in total. The Bertz CT molecular complexity index is 3720. The summed E-state index contributed by atoms with van der Waals surface area (Å²) in [6.07, 6.45) is 17.2. The van der Waals surface area contributed by atoms with Gasteiger partial charge >= 0.3 is 0 Å². The second-order valence-corrected chi connectivity index (χ2v) is 20.6. The van der Waals surface area contributed by atoms with E-state index in [0.717, 1.165) is 136 Å². The van der Waals surface area contributed by atoms with E-state index in [1.165, 1.54) is 44.9 Å². The standard InChI is InChI=1S/C73H61N9O/c1-2-3-4-5-6-7-8-17-44-83-59-38-36-53(37-39-59)58-49-72(66-26-18-24-60(78-66)54-32-28-51(29-33-54)56-45-68(62-20-9-13-40-74-62)80-69(46-56)63-21-10-14-41-75-63)82-73(50-58)67-27-19-25-61(79-67)55-34-30-52(31-35-55)57-47-70(64-22-11-15-42-76-64)81-71(48-57)65-23-12-16-43-77-65/h9-16,18-43,45-50H,2-8,17,44H2,1H3. The van der Waals surface area contributed by atoms with Crippen LogP contribution in [0.2, 0.25) is 0 Å². The molecule has 0 spiro atoms. The Morgan fingerprint density at radius 1 is 0.241 bits per heavy atom. The van der Waals surface area contributed by atoms with Gasteiger partial charge in [-0.15, -0.1) is 0 Å². The Balaban J connectivity index is 0.845. The van der Waals surface area contributed by atoms with Gasteiger partial charge in [0.15, 0.2) is 0 Å². The van der Waals surface area contributed by atoms with Gasteiger partial charge in [0.2, 0.25) is 0 Å². The van der Waals surface area contributed by atoms with Crippen molar-refractivity contribution in [3.63, 3.8) is 0 Å². The highest BCUT2D eigenvalue weighted by Crippen LogP contribution is 2.36. The van der Waals surface area contributed by atoms with Crippen LogP contribution in [-0.2, 0) is 0 Å². The maximum Gasteiger partial charge on any atom is 0.119 e. The minimum atomic E-state index is 0.709. The lowest BCUT2D eigenvalue weighted by Gasteiger charge is -2.13. The van der Waals surface area contributed by atoms with E-state index in [4.69, 9.17) is 29.7 Å². The Kier molecular flexibility index (Phi) is 16.7. The van der Waals surface area contributed by atoms with E-state index >= 15 is 0 Å². The van der Waals surface area contributed by atoms with Crippen LogP contribution in [0.1, 0.15) is 58.3 Å². The van der Waals surface area contributed by atoms with Crippen LogP contribution in [0.15, 0.2) is 243 Å². The topological polar surface area (TPSA) is 125 Å². The summed E-state index contributed by atoms with van der Waals surface area (Å²) in [5.41, 5.74) is 19.0. The molecule has 0 aliphatic carbocycles. The van der Waals surface area contributed by atoms with Crippen LogP contribution in [0.3, 0.4) is 0 Å². The SMILES string of the molecule is CCCCCCCCCCOc1ccc(-c2cc(-c3cccc(-c4ccc(-c5cc(-c6ccccn6)nc(-c6ccccn6)c5)cc4)n3)nc(-c3cccc(-c4ccc(-c5cc(-c6ccccn6)nc(-c6ccccn6)c5)cc4)n3)c2)cc1. The van der Waals surface area contributed by atoms with Gasteiger partial charge in [0.1, 0.15) is 5.75 Å². The highest BCUT2D eigenvalue weighted by atomic mass is 16.5. The van der Waals surface area contributed by atoms with Crippen molar-refractivity contribution in [3.8, 4) is 130 Å². The number of hydrogen-bond acceptors (Lipinski definition) is 10. The summed E-state index contributed by atoms with van der Waals surface area (Å²) >= 11 is 0. The summed E-state index contributed by atoms with van der Waals surface area (Å²) in [6.45, 7) is 2.97. The van der Waals surface area contributed by atoms with Crippen LogP contribution >= 0.6 is 0 Å². The van der Waals surface area contributed by atoms with Gasteiger partial charge in [-0.2, -0.15) is 0 Å². The maximum atomic E-state index is 6.25. The second kappa shape index (κ2) is 25.9. The summed E-state index contributed by atoms with van der Waals surface area (Å²) in [5, 5.41) is 0. The molecule has 0 aliphatic heterocycles. The predicted molar refractivity (Wildman–Crippen MR) is 334 cm³/mol. The van der Waals surface area contributed by atoms with Crippen LogP contribution < -0.4 is 4.74 Å². The molecule has 0 saturated heterocycles. The maximum absolute atomic E-state index is 6.25. The van der Waals surface area contributed by atoms with Crippen LogP contribution in [0.25, 0.3) is 124 Å². The zero-order chi connectivity index (χ0) is 56.0. The van der Waals surface area contributed by atoms with E-state index in [2.05, 4.69) is 136 Å². The summed E-state index contributed by atoms with van der Waals surface area (Å²) < 4.78 is 6.25. The molecule has 404 valence electrons. The summed E-state index contributed by atoms with van der Waals surface area (Å²) in [4.78, 5) is 44.3. The average Bonchev–Trinajstić information content (AvgIpc) is 3.75. The first-order valence-corrected chi connectivity index (χ1v) is 28.7. The fraction of sp³-hybridized carbons (Fsp3) is 0.137. The lowest BCUT2D eigenvalue weighted by molar-refractivity contribution is 0.304. The van der Waals surface area contributed by atoms with Crippen LogP contribution in [0.5, 0.6) is 5.75 Å². The van der Waals surface area contributed by atoms with Crippen LogP contribution in [0, 0.1) is 0 Å². The molecule has 12 rings (SSSR count). The van der Waals surface area contributed by atoms with Gasteiger partial charge < -0.3 is 4.74 Å². The lowest BCUT2D eigenvalue weighted by atomic mass is 10.00. The first-order chi connectivity index (χ1) is 41.1. The van der Waals surface area contributed by atoms with E-state index in [9.17, 15) is 0 Å². The van der Waals surface area contributed by atoms with Crippen molar-refractivity contribution in [3.05, 3.63) is 243 Å². The number of ether oxygens (including phenoxy) is 1. The molecule has 0 amide bonds. The van der Waals surface area contributed by atoms with Crippen molar-refractivity contribution < 1.29 is 4.74 Å². The van der Waals surface area contributed by atoms with Crippen molar-refractivity contribution in [1.29, 1.82) is 0 Å². The molecular weight excluding hydrogens is 1020 g/mol. The molecule has 9 heterocycles. The van der Waals surface area contributed by atoms with E-state index in [0.29, 0.717) is 6.61 Å². The number of pyridine rings is 9. The quantitative estimate of drug-likeness (QED) is 0.0642. The number of benzene rings is 3. The van der Waals surface area contributed by atoms with Crippen molar-refractivity contribution in [2.45, 2.75) is 58.3 Å². The summed E-state index contributed by atoms with van der Waals surface area (Å²) in [5.74, 6) is 0.865. The minimum absolute atomic E-state index is 0.709. The van der Waals surface area contributed by atoms with Crippen molar-refractivity contribution in [2.75, 3.05) is 6.61 Å². The summed E-state index contributed by atoms with van der Waals surface area (Å²) in [6, 6.07) is 73.7. The van der Waals surface area contributed by atoms with Gasteiger partial charge in [0, 0.05) is 35.9 Å². The number of rotatable bonds is 21. The van der Waals surface area contributed by atoms with Gasteiger partial charge in [-0.3, -0.25) is 19.9 Å². The van der Waals surface area contributed by atoms with E-state index in [1.807, 2.05) is 109 Å². The van der Waals surface area contributed by atoms with Gasteiger partial charge in [-0.05, 0) is 161 Å². The van der Waals surface area contributed by atoms with E-state index < -0.39 is 0 Å². The number of aromatic nitrogens is 9. The van der Waals surface area contributed by atoms with Gasteiger partial charge in [0.25, 0.3) is 0 Å². The molecule has 0 radical (unpaired) electrons. The molecule has 3 aromatic carbocycles. The minimum Gasteiger partial charge on any atom is -0.494 e. The molecule has 10 nitrogen and oxygen atoms in total. The zero-order valence-electron chi connectivity index (χ0n) is 46.4. The molecule has 0 atom stereocenters. The third kappa shape index (κ3) is 13.2. The van der Waals surface area contributed by atoms with Gasteiger partial charge in [0.05, 0.1) is 86.3 Å². The number of hydrogen-bond donors (Lipinski definition) is 0. The molecule has 12 aromatic rings. The lowest BCUT2D eigenvalue weighted by Crippen LogP contribution is -1.98. The zero-order valence-corrected chi connectivity index (χ0v) is 46.4. The first-order valence-electron chi connectivity index (χ1n) is 28.7. The Morgan fingerprint density at radius 2 is 0.530 bits per heavy atom. The van der Waals surface area contributed by atoms with Gasteiger partial charge in [-0.25, -0.2) is 24.9 Å². The Morgan fingerprint density at radius 3 is 0.880 bits per heavy atom. The monoisotopic (exact) mass is 1080 g/mol. The number of nitrogens with zero attached hydrogens (tertiary/aromatic N) is 9. The van der Waals surface area contributed by atoms with Crippen molar-refractivity contribution >= 4 is 0 Å². The van der Waals surface area contributed by atoms with E-state index in [1.54, 1.807) is 24.8 Å². The first kappa shape index (κ1) is 53.5. The second-order valence-electron chi connectivity index (χ2n) is 20.6. The fourth-order valence-electron chi connectivity index (χ4n) is 10.2. The van der Waals surface area contributed by atoms with Crippen molar-refractivity contribution in [2.24, 2.45) is 0 Å². The van der Waals surface area contributed by atoms with Crippen LogP contribution in [0.4, 0.5) is 0 Å². The third-order valence-corrected chi connectivity index (χ3v) is 14.7. The van der Waals surface area contributed by atoms with E-state index in [-0.39, 0.29) is 0 Å². The highest BCUT2D eigenvalue weighted by molar-refractivity contribution is 5.80. The van der Waals surface area contributed by atoms with Crippen molar-refractivity contribution in [1.82, 2.24) is 44.9 Å². The molecule has 83 heavy (non-hydrogen) atoms. The molecule has 0 bridgehead atoms. The van der Waals surface area contributed by atoms with Crippen LogP contribution in [-0.4, -0.2) is 51.5 Å². The predicted octanol–water partition coefficient (Wildman–Crippen LogP) is 18.1. The van der Waals surface area contributed by atoms with Gasteiger partial charge in [-0.1, -0.05) is 149 Å². The molecule has 0 aliphatic rings. The molecule has 9 aromatic heterocycles. The fourth-order valence-corrected chi connectivity index (χ4v) is 10.2. The smallest absolute Gasteiger partial charge is 0.119 e. The molecule has 0 fully saturated rings. The molecule has 0 unspecified atom stereocenters. The molecule has 0 saturated carbocycles. The Hall–Kier alpha value is -10.2. The molecular formula is C73H61N9O. The Labute approximate surface area is 485 Å². The third-order valence-electron chi connectivity index (χ3n) is 14.7. The molecule has 10 heteroatoms. The highest BCUT2D eigenvalue weighted by Gasteiger charge is 2.16. The summed E-state index contributed by atoms with van der Waals surface area (Å²) in [7, 11) is 0. The number of unbranched alkanes of at least 4 members (excludes halogenated alkanes) is 7.